The van der Waals surface area contributed by atoms with Crippen LogP contribution in [0.1, 0.15) is 86.8 Å². The van der Waals surface area contributed by atoms with Crippen molar-refractivity contribution in [1.29, 1.82) is 0 Å². The summed E-state index contributed by atoms with van der Waals surface area (Å²) in [5, 5.41) is 7.98. The number of benzene rings is 2. The Morgan fingerprint density at radius 2 is 0.981 bits per heavy atom. The van der Waals surface area contributed by atoms with Crippen LogP contribution >= 0.6 is 0 Å². The van der Waals surface area contributed by atoms with Crippen LogP contribution in [-0.2, 0) is 42.2 Å². The number of hydrogen-bond acceptors (Lipinski definition) is 12. The second-order valence-corrected chi connectivity index (χ2v) is 16.6. The molecule has 2 aliphatic rings. The van der Waals surface area contributed by atoms with Gasteiger partial charge in [-0.2, -0.15) is 0 Å². The first-order valence-electron chi connectivity index (χ1n) is 17.2. The molecule has 0 aliphatic carbocycles. The number of hydrogen-bond donors (Lipinski definition) is 0. The molecule has 2 aromatic carbocycles. The number of ether oxygens (including phenoxy) is 2. The number of aryl methyl sites for hydroxylation is 2. The van der Waals surface area contributed by atoms with Crippen LogP contribution in [0.5, 0.6) is 11.5 Å². The number of oxime groups is 2. The first-order valence-corrected chi connectivity index (χ1v) is 21.0. The highest BCUT2D eigenvalue weighted by Crippen LogP contribution is 2.30. The van der Waals surface area contributed by atoms with E-state index in [-0.39, 0.29) is 22.3 Å². The maximum atomic E-state index is 11.4. The smallest absolute Gasteiger partial charge is 0.235 e. The molecule has 6 rings (SSSR count). The standard InChI is InChI=1S/2C19H22N2O4S/c2*1-3-4-5-14-6-8-15(9-7-14)17-12-18(21-25-17)24-16-10-11-19(20-13-16)26(2,22)23/h2*6-11,13,17H,3-5,12H2,1-2H3/t2*17-/m10/s1. The molecule has 0 bridgehead atoms. The molecule has 2 atom stereocenters. The first-order chi connectivity index (χ1) is 24.9. The van der Waals surface area contributed by atoms with Crippen molar-refractivity contribution >= 4 is 31.5 Å². The minimum Gasteiger partial charge on any atom is -0.438 e. The Kier molecular flexibility index (Phi) is 13.0. The van der Waals surface area contributed by atoms with Gasteiger partial charge in [0.05, 0.1) is 25.2 Å². The number of pyridine rings is 2. The van der Waals surface area contributed by atoms with Gasteiger partial charge in [0.2, 0.25) is 11.8 Å². The average Bonchev–Trinajstić information content (AvgIpc) is 3.80. The van der Waals surface area contributed by atoms with E-state index in [1.54, 1.807) is 12.1 Å². The van der Waals surface area contributed by atoms with E-state index >= 15 is 0 Å². The monoisotopic (exact) mass is 748 g/mol. The highest BCUT2D eigenvalue weighted by Gasteiger charge is 2.26. The number of unbranched alkanes of at least 4 members (excludes halogenated alkanes) is 2. The molecule has 0 saturated carbocycles. The second-order valence-electron chi connectivity index (χ2n) is 12.7. The van der Waals surface area contributed by atoms with E-state index < -0.39 is 19.7 Å². The summed E-state index contributed by atoms with van der Waals surface area (Å²) in [6.07, 6.45) is 12.6. The Bertz CT molecular complexity index is 1900. The Hall–Kier alpha value is -4.82. The van der Waals surface area contributed by atoms with Gasteiger partial charge < -0.3 is 19.1 Å². The quantitative estimate of drug-likeness (QED) is 0.143. The molecule has 12 nitrogen and oxygen atoms in total. The van der Waals surface area contributed by atoms with Crippen molar-refractivity contribution in [2.45, 2.75) is 87.5 Å². The molecule has 0 saturated heterocycles. The zero-order valence-corrected chi connectivity index (χ0v) is 31.4. The van der Waals surface area contributed by atoms with Gasteiger partial charge >= 0.3 is 0 Å². The highest BCUT2D eigenvalue weighted by atomic mass is 32.2. The molecule has 0 N–H and O–H groups in total. The lowest BCUT2D eigenvalue weighted by Crippen LogP contribution is -2.08. The van der Waals surface area contributed by atoms with E-state index in [9.17, 15) is 16.8 Å². The summed E-state index contributed by atoms with van der Waals surface area (Å²) in [6, 6.07) is 22.7. The van der Waals surface area contributed by atoms with E-state index in [0.29, 0.717) is 36.1 Å². The lowest BCUT2D eigenvalue weighted by molar-refractivity contribution is 0.0854. The summed E-state index contributed by atoms with van der Waals surface area (Å²) >= 11 is 0. The summed E-state index contributed by atoms with van der Waals surface area (Å²) in [5.41, 5.74) is 4.75. The molecule has 2 aliphatic heterocycles. The van der Waals surface area contributed by atoms with E-state index in [1.165, 1.54) is 61.3 Å². The summed E-state index contributed by atoms with van der Waals surface area (Å²) in [5.74, 6) is 1.74. The molecular weight excluding hydrogens is 705 g/mol. The Morgan fingerprint density at radius 1 is 0.596 bits per heavy atom. The molecule has 52 heavy (non-hydrogen) atoms. The van der Waals surface area contributed by atoms with Gasteiger partial charge in [-0.15, -0.1) is 0 Å². The SMILES string of the molecule is CCCCc1ccc([C@@H]2CC(Oc3ccc(S(C)(=O)=O)nc3)=NO2)cc1.CCCCc1ccc([C@H]2CC(Oc3ccc(S(C)(=O)=O)nc3)=NO2)cc1. The molecule has 0 radical (unpaired) electrons. The van der Waals surface area contributed by atoms with E-state index in [4.69, 9.17) is 19.1 Å². The molecule has 2 aromatic heterocycles. The third-order valence-corrected chi connectivity index (χ3v) is 10.3. The van der Waals surface area contributed by atoms with Crippen LogP contribution in [0.4, 0.5) is 0 Å². The van der Waals surface area contributed by atoms with Gasteiger partial charge in [-0.1, -0.05) is 85.5 Å². The maximum Gasteiger partial charge on any atom is 0.235 e. The molecule has 4 heterocycles. The van der Waals surface area contributed by atoms with E-state index in [1.807, 2.05) is 0 Å². The fourth-order valence-corrected chi connectivity index (χ4v) is 6.43. The third-order valence-electron chi connectivity index (χ3n) is 8.27. The molecule has 0 fully saturated rings. The minimum atomic E-state index is -3.32. The number of aromatic nitrogens is 2. The predicted molar refractivity (Wildman–Crippen MR) is 198 cm³/mol. The second kappa shape index (κ2) is 17.6. The normalized spacial score (nSPS) is 16.8. The highest BCUT2D eigenvalue weighted by molar-refractivity contribution is 7.90. The zero-order valence-electron chi connectivity index (χ0n) is 29.8. The molecule has 0 amide bonds. The molecule has 0 unspecified atom stereocenters. The van der Waals surface area contributed by atoms with Crippen LogP contribution in [0.3, 0.4) is 0 Å². The molecule has 4 aromatic rings. The van der Waals surface area contributed by atoms with Gasteiger partial charge in [-0.05, 0) is 72.2 Å². The van der Waals surface area contributed by atoms with E-state index in [0.717, 1.165) is 36.5 Å². The molecule has 276 valence electrons. The number of nitrogens with zero attached hydrogens (tertiary/aromatic N) is 4. The largest absolute Gasteiger partial charge is 0.438 e. The van der Waals surface area contributed by atoms with Crippen LogP contribution < -0.4 is 9.47 Å². The molecular formula is C38H44N4O8S2. The van der Waals surface area contributed by atoms with Gasteiger partial charge in [0, 0.05) is 12.5 Å². The van der Waals surface area contributed by atoms with Crippen molar-refractivity contribution in [2.75, 3.05) is 12.5 Å². The van der Waals surface area contributed by atoms with Crippen LogP contribution in [0.15, 0.2) is 106 Å². The Labute approximate surface area is 305 Å². The molecule has 0 spiro atoms. The van der Waals surface area contributed by atoms with Crippen molar-refractivity contribution in [1.82, 2.24) is 9.97 Å². The van der Waals surface area contributed by atoms with Crippen molar-refractivity contribution < 1.29 is 36.0 Å². The van der Waals surface area contributed by atoms with Crippen LogP contribution in [0.2, 0.25) is 0 Å². The summed E-state index contributed by atoms with van der Waals surface area (Å²) in [4.78, 5) is 18.7. The summed E-state index contributed by atoms with van der Waals surface area (Å²) < 4.78 is 57.0. The Balaban J connectivity index is 0.000000201. The third kappa shape index (κ3) is 11.1. The van der Waals surface area contributed by atoms with Crippen LogP contribution in [-0.4, -0.2) is 51.1 Å². The van der Waals surface area contributed by atoms with Crippen molar-refractivity contribution in [3.63, 3.8) is 0 Å². The molecule has 14 heteroatoms. The van der Waals surface area contributed by atoms with Gasteiger partial charge in [-0.25, -0.2) is 26.8 Å². The number of sulfone groups is 2. The van der Waals surface area contributed by atoms with Crippen LogP contribution in [0, 0.1) is 0 Å². The average molecular weight is 749 g/mol. The van der Waals surface area contributed by atoms with Gasteiger partial charge in [-0.3, -0.25) is 0 Å². The maximum absolute atomic E-state index is 11.4. The fourth-order valence-electron chi connectivity index (χ4n) is 5.31. The first kappa shape index (κ1) is 38.4. The summed E-state index contributed by atoms with van der Waals surface area (Å²) in [7, 11) is -6.65. The topological polar surface area (TPSA) is 156 Å². The van der Waals surface area contributed by atoms with Crippen molar-refractivity contribution in [2.24, 2.45) is 10.3 Å². The lowest BCUT2D eigenvalue weighted by atomic mass is 10.0. The lowest BCUT2D eigenvalue weighted by Gasteiger charge is -2.09. The Morgan fingerprint density at radius 3 is 1.29 bits per heavy atom. The summed E-state index contributed by atoms with van der Waals surface area (Å²) in [6.45, 7) is 4.37. The number of rotatable bonds is 12. The van der Waals surface area contributed by atoms with E-state index in [2.05, 4.69) is 82.7 Å². The zero-order chi connectivity index (χ0) is 37.1. The predicted octanol–water partition coefficient (Wildman–Crippen LogP) is 7.36. The van der Waals surface area contributed by atoms with Crippen molar-refractivity contribution in [3.8, 4) is 11.5 Å². The van der Waals surface area contributed by atoms with Gasteiger partial charge in [0.15, 0.2) is 41.9 Å². The minimum absolute atomic E-state index is 0.00972. The van der Waals surface area contributed by atoms with Crippen LogP contribution in [0.25, 0.3) is 0 Å². The van der Waals surface area contributed by atoms with Gasteiger partial charge in [0.1, 0.15) is 11.5 Å². The fraction of sp³-hybridized carbons (Fsp3) is 0.368. The van der Waals surface area contributed by atoms with Crippen molar-refractivity contribution in [3.05, 3.63) is 107 Å². The van der Waals surface area contributed by atoms with Gasteiger partial charge in [0.25, 0.3) is 0 Å².